The van der Waals surface area contributed by atoms with E-state index in [1.54, 1.807) is 0 Å². The molecule has 4 heteroatoms. The van der Waals surface area contributed by atoms with Crippen LogP contribution in [0.2, 0.25) is 0 Å². The second kappa shape index (κ2) is 6.30. The van der Waals surface area contributed by atoms with Crippen molar-refractivity contribution in [2.45, 2.75) is 75.1 Å². The first-order chi connectivity index (χ1) is 9.76. The highest BCUT2D eigenvalue weighted by atomic mass is 16.6. The van der Waals surface area contributed by atoms with E-state index in [0.29, 0.717) is 13.2 Å². The summed E-state index contributed by atoms with van der Waals surface area (Å²) in [5.74, 6) is 0. The number of rotatable bonds is 4. The van der Waals surface area contributed by atoms with Crippen LogP contribution in [0.5, 0.6) is 0 Å². The first-order valence-electron chi connectivity index (χ1n) is 8.36. The minimum Gasteiger partial charge on any atom is -0.381 e. The SMILES string of the molecule is NCC1(OCC2CCC3(CCCCC3)O2)CCOCC1. The Kier molecular flexibility index (Phi) is 4.65. The van der Waals surface area contributed by atoms with Gasteiger partial charge in [-0.3, -0.25) is 0 Å². The van der Waals surface area contributed by atoms with E-state index in [9.17, 15) is 0 Å². The molecule has 0 amide bonds. The molecule has 0 aromatic heterocycles. The number of nitrogens with two attached hydrogens (primary N) is 1. The van der Waals surface area contributed by atoms with Crippen LogP contribution in [-0.4, -0.2) is 43.7 Å². The molecule has 1 atom stereocenters. The quantitative estimate of drug-likeness (QED) is 0.861. The van der Waals surface area contributed by atoms with Crippen LogP contribution in [0.1, 0.15) is 57.8 Å². The average molecular weight is 283 g/mol. The first kappa shape index (κ1) is 14.8. The summed E-state index contributed by atoms with van der Waals surface area (Å²) in [6.07, 6.45) is 11.0. The number of hydrogen-bond acceptors (Lipinski definition) is 4. The fourth-order valence-corrected chi connectivity index (χ4v) is 4.00. The minimum absolute atomic E-state index is 0.163. The molecule has 2 N–H and O–H groups in total. The van der Waals surface area contributed by atoms with Crippen molar-refractivity contribution in [1.29, 1.82) is 0 Å². The predicted molar refractivity (Wildman–Crippen MR) is 77.7 cm³/mol. The fourth-order valence-electron chi connectivity index (χ4n) is 4.00. The Hall–Kier alpha value is -0.160. The van der Waals surface area contributed by atoms with Crippen LogP contribution in [0, 0.1) is 0 Å². The van der Waals surface area contributed by atoms with Gasteiger partial charge in [-0.2, -0.15) is 0 Å². The third-order valence-corrected chi connectivity index (χ3v) is 5.45. The lowest BCUT2D eigenvalue weighted by molar-refractivity contribution is -0.146. The lowest BCUT2D eigenvalue weighted by Gasteiger charge is -2.37. The van der Waals surface area contributed by atoms with Gasteiger partial charge < -0.3 is 19.9 Å². The summed E-state index contributed by atoms with van der Waals surface area (Å²) in [7, 11) is 0. The molecular formula is C16H29NO3. The molecule has 116 valence electrons. The highest BCUT2D eigenvalue weighted by Gasteiger charge is 2.42. The summed E-state index contributed by atoms with van der Waals surface area (Å²) in [5.41, 5.74) is 5.97. The topological polar surface area (TPSA) is 53.7 Å². The third-order valence-electron chi connectivity index (χ3n) is 5.45. The Labute approximate surface area is 122 Å². The van der Waals surface area contributed by atoms with E-state index in [1.807, 2.05) is 0 Å². The molecule has 3 rings (SSSR count). The maximum Gasteiger partial charge on any atom is 0.0849 e. The smallest absolute Gasteiger partial charge is 0.0849 e. The second-order valence-corrected chi connectivity index (χ2v) is 6.83. The van der Waals surface area contributed by atoms with Gasteiger partial charge in [0.15, 0.2) is 0 Å². The summed E-state index contributed by atoms with van der Waals surface area (Å²) in [6.45, 7) is 2.84. The number of hydrogen-bond donors (Lipinski definition) is 1. The monoisotopic (exact) mass is 283 g/mol. The standard InChI is InChI=1S/C16H29NO3/c17-13-16(8-10-18-11-9-16)19-12-14-4-7-15(20-14)5-2-1-3-6-15/h14H,1-13,17H2. The van der Waals surface area contributed by atoms with Crippen molar-refractivity contribution < 1.29 is 14.2 Å². The van der Waals surface area contributed by atoms with Crippen molar-refractivity contribution in [2.24, 2.45) is 5.73 Å². The molecule has 0 radical (unpaired) electrons. The van der Waals surface area contributed by atoms with Gasteiger partial charge in [0.2, 0.25) is 0 Å². The molecule has 1 aliphatic carbocycles. The van der Waals surface area contributed by atoms with Gasteiger partial charge in [0.05, 0.1) is 23.9 Å². The van der Waals surface area contributed by atoms with Gasteiger partial charge in [-0.05, 0) is 25.7 Å². The van der Waals surface area contributed by atoms with Crippen LogP contribution in [0.25, 0.3) is 0 Å². The maximum absolute atomic E-state index is 6.37. The lowest BCUT2D eigenvalue weighted by atomic mass is 9.83. The largest absolute Gasteiger partial charge is 0.381 e. The predicted octanol–water partition coefficient (Wildman–Crippen LogP) is 2.39. The van der Waals surface area contributed by atoms with Crippen molar-refractivity contribution in [3.63, 3.8) is 0 Å². The van der Waals surface area contributed by atoms with E-state index in [0.717, 1.165) is 32.5 Å². The second-order valence-electron chi connectivity index (χ2n) is 6.83. The molecule has 4 nitrogen and oxygen atoms in total. The zero-order valence-corrected chi connectivity index (χ0v) is 12.6. The van der Waals surface area contributed by atoms with Gasteiger partial charge in [0.1, 0.15) is 0 Å². The molecule has 20 heavy (non-hydrogen) atoms. The van der Waals surface area contributed by atoms with Crippen LogP contribution in [0.4, 0.5) is 0 Å². The first-order valence-corrected chi connectivity index (χ1v) is 8.36. The van der Waals surface area contributed by atoms with Gasteiger partial charge in [0.25, 0.3) is 0 Å². The van der Waals surface area contributed by atoms with Gasteiger partial charge >= 0.3 is 0 Å². The molecule has 3 fully saturated rings. The van der Waals surface area contributed by atoms with E-state index in [2.05, 4.69) is 0 Å². The van der Waals surface area contributed by atoms with E-state index >= 15 is 0 Å². The number of ether oxygens (including phenoxy) is 3. The Bertz CT molecular complexity index is 309. The molecule has 1 spiro atoms. The van der Waals surface area contributed by atoms with Crippen LogP contribution in [0.3, 0.4) is 0 Å². The summed E-state index contributed by atoms with van der Waals surface area (Å²) >= 11 is 0. The van der Waals surface area contributed by atoms with Crippen LogP contribution >= 0.6 is 0 Å². The minimum atomic E-state index is -0.163. The van der Waals surface area contributed by atoms with Gasteiger partial charge in [-0.25, -0.2) is 0 Å². The highest BCUT2D eigenvalue weighted by molar-refractivity contribution is 4.92. The molecule has 0 aromatic rings. The molecule has 1 unspecified atom stereocenters. The molecule has 2 aliphatic heterocycles. The lowest BCUT2D eigenvalue weighted by Crippen LogP contribution is -2.47. The molecule has 1 saturated carbocycles. The van der Waals surface area contributed by atoms with Crippen LogP contribution in [-0.2, 0) is 14.2 Å². The summed E-state index contributed by atoms with van der Waals surface area (Å²) in [4.78, 5) is 0. The van der Waals surface area contributed by atoms with E-state index in [-0.39, 0.29) is 17.3 Å². The molecule has 0 bridgehead atoms. The highest BCUT2D eigenvalue weighted by Crippen LogP contribution is 2.42. The van der Waals surface area contributed by atoms with E-state index in [1.165, 1.54) is 38.5 Å². The van der Waals surface area contributed by atoms with E-state index in [4.69, 9.17) is 19.9 Å². The summed E-state index contributed by atoms with van der Waals surface area (Å²) in [5, 5.41) is 0. The van der Waals surface area contributed by atoms with Crippen molar-refractivity contribution in [3.8, 4) is 0 Å². The zero-order valence-electron chi connectivity index (χ0n) is 12.6. The molecular weight excluding hydrogens is 254 g/mol. The molecule has 0 aromatic carbocycles. The van der Waals surface area contributed by atoms with Crippen molar-refractivity contribution in [1.82, 2.24) is 0 Å². The van der Waals surface area contributed by atoms with Gasteiger partial charge in [0, 0.05) is 32.6 Å². The zero-order chi connectivity index (χ0) is 13.9. The maximum atomic E-state index is 6.37. The summed E-state index contributed by atoms with van der Waals surface area (Å²) in [6, 6.07) is 0. The van der Waals surface area contributed by atoms with Gasteiger partial charge in [-0.1, -0.05) is 19.3 Å². The van der Waals surface area contributed by atoms with Crippen molar-refractivity contribution >= 4 is 0 Å². The molecule has 2 saturated heterocycles. The normalized spacial score (nSPS) is 32.5. The van der Waals surface area contributed by atoms with Crippen LogP contribution < -0.4 is 5.73 Å². The molecule has 2 heterocycles. The molecule has 3 aliphatic rings. The Balaban J connectivity index is 1.49. The third kappa shape index (κ3) is 3.19. The summed E-state index contributed by atoms with van der Waals surface area (Å²) < 4.78 is 18.0. The average Bonchev–Trinajstić information content (AvgIpc) is 2.90. The fraction of sp³-hybridized carbons (Fsp3) is 1.00. The van der Waals surface area contributed by atoms with Gasteiger partial charge in [-0.15, -0.1) is 0 Å². The Morgan fingerprint density at radius 1 is 1.00 bits per heavy atom. The Morgan fingerprint density at radius 2 is 1.75 bits per heavy atom. The van der Waals surface area contributed by atoms with Crippen molar-refractivity contribution in [2.75, 3.05) is 26.4 Å². The van der Waals surface area contributed by atoms with Crippen molar-refractivity contribution in [3.05, 3.63) is 0 Å². The van der Waals surface area contributed by atoms with E-state index < -0.39 is 0 Å². The van der Waals surface area contributed by atoms with Crippen LogP contribution in [0.15, 0.2) is 0 Å². The Morgan fingerprint density at radius 3 is 2.45 bits per heavy atom.